The van der Waals surface area contributed by atoms with Crippen LogP contribution in [0.25, 0.3) is 0 Å². The van der Waals surface area contributed by atoms with E-state index >= 15 is 0 Å². The lowest BCUT2D eigenvalue weighted by molar-refractivity contribution is 0.175. The minimum Gasteiger partial charge on any atom is -0.382 e. The van der Waals surface area contributed by atoms with E-state index in [1.165, 1.54) is 38.8 Å². The van der Waals surface area contributed by atoms with Crippen LogP contribution in [-0.2, 0) is 0 Å². The first kappa shape index (κ1) is 11.7. The predicted molar refractivity (Wildman–Crippen MR) is 72.5 cm³/mol. The molecular weight excluding hydrogens is 226 g/mol. The van der Waals surface area contributed by atoms with Crippen LogP contribution in [0.4, 0.5) is 11.6 Å². The van der Waals surface area contributed by atoms with Crippen LogP contribution in [0.2, 0.25) is 0 Å². The Morgan fingerprint density at radius 3 is 2.61 bits per heavy atom. The first-order valence-corrected chi connectivity index (χ1v) is 6.91. The van der Waals surface area contributed by atoms with E-state index in [0.29, 0.717) is 11.9 Å². The van der Waals surface area contributed by atoms with Gasteiger partial charge >= 0.3 is 0 Å². The van der Waals surface area contributed by atoms with Gasteiger partial charge in [-0.3, -0.25) is 4.90 Å². The van der Waals surface area contributed by atoms with Gasteiger partial charge in [-0.05, 0) is 44.5 Å². The van der Waals surface area contributed by atoms with Gasteiger partial charge in [0, 0.05) is 19.1 Å². The predicted octanol–water partition coefficient (Wildman–Crippen LogP) is 1.12. The van der Waals surface area contributed by atoms with Crippen molar-refractivity contribution in [3.05, 3.63) is 12.1 Å². The van der Waals surface area contributed by atoms with Gasteiger partial charge in [0.25, 0.3) is 0 Å². The number of hydrogen-bond acceptors (Lipinski definition) is 5. The van der Waals surface area contributed by atoms with Gasteiger partial charge in [-0.2, -0.15) is 0 Å². The Balaban J connectivity index is 1.62. The van der Waals surface area contributed by atoms with Crippen LogP contribution in [0.1, 0.15) is 25.7 Å². The number of nitrogen functional groups attached to an aromatic ring is 1. The first-order valence-electron chi connectivity index (χ1n) is 6.91. The lowest BCUT2D eigenvalue weighted by Crippen LogP contribution is -2.41. The van der Waals surface area contributed by atoms with E-state index in [4.69, 9.17) is 5.73 Å². The van der Waals surface area contributed by atoms with Crippen LogP contribution in [0.5, 0.6) is 0 Å². The zero-order valence-electron chi connectivity index (χ0n) is 10.8. The molecule has 0 aromatic carbocycles. The van der Waals surface area contributed by atoms with Crippen molar-refractivity contribution < 1.29 is 0 Å². The molecule has 0 spiro atoms. The number of piperidine rings is 1. The van der Waals surface area contributed by atoms with Crippen molar-refractivity contribution >= 4 is 11.6 Å². The van der Waals surface area contributed by atoms with Crippen molar-refractivity contribution in [3.8, 4) is 0 Å². The molecule has 0 bridgehead atoms. The van der Waals surface area contributed by atoms with E-state index in [1.54, 1.807) is 0 Å². The smallest absolute Gasteiger partial charge is 0.151 e. The maximum atomic E-state index is 5.57. The molecule has 0 amide bonds. The molecule has 5 heteroatoms. The van der Waals surface area contributed by atoms with Crippen molar-refractivity contribution in [1.82, 2.24) is 15.1 Å². The summed E-state index contributed by atoms with van der Waals surface area (Å²) in [4.78, 5) is 4.97. The highest BCUT2D eigenvalue weighted by molar-refractivity contribution is 5.42. The number of hydrogen-bond donors (Lipinski definition) is 1. The number of likely N-dealkylation sites (tertiary alicyclic amines) is 1. The van der Waals surface area contributed by atoms with E-state index in [1.807, 2.05) is 12.1 Å². The van der Waals surface area contributed by atoms with E-state index in [9.17, 15) is 0 Å². The molecule has 2 fully saturated rings. The zero-order valence-corrected chi connectivity index (χ0v) is 10.8. The quantitative estimate of drug-likeness (QED) is 0.849. The number of aromatic nitrogens is 2. The number of nitrogens with two attached hydrogens (primary N) is 1. The number of anilines is 2. The fourth-order valence-electron chi connectivity index (χ4n) is 3.04. The fraction of sp³-hybridized carbons (Fsp3) is 0.692. The van der Waals surface area contributed by atoms with Crippen LogP contribution < -0.4 is 10.6 Å². The molecule has 98 valence electrons. The zero-order chi connectivity index (χ0) is 12.4. The number of rotatable bonds is 2. The maximum absolute atomic E-state index is 5.57. The highest BCUT2D eigenvalue weighted by atomic mass is 15.3. The Kier molecular flexibility index (Phi) is 3.32. The van der Waals surface area contributed by atoms with E-state index < -0.39 is 0 Å². The molecule has 1 unspecified atom stereocenters. The molecule has 2 aliphatic heterocycles. The van der Waals surface area contributed by atoms with Gasteiger partial charge in [-0.25, -0.2) is 0 Å². The van der Waals surface area contributed by atoms with Crippen molar-refractivity contribution in [2.24, 2.45) is 0 Å². The average molecular weight is 247 g/mol. The summed E-state index contributed by atoms with van der Waals surface area (Å²) >= 11 is 0. The van der Waals surface area contributed by atoms with Crippen LogP contribution in [0.15, 0.2) is 12.1 Å². The van der Waals surface area contributed by atoms with Crippen molar-refractivity contribution in [3.63, 3.8) is 0 Å². The summed E-state index contributed by atoms with van der Waals surface area (Å²) in [7, 11) is 0. The minimum atomic E-state index is 0.491. The van der Waals surface area contributed by atoms with Gasteiger partial charge in [0.1, 0.15) is 5.82 Å². The van der Waals surface area contributed by atoms with Crippen LogP contribution in [0.3, 0.4) is 0 Å². The Morgan fingerprint density at radius 1 is 1.06 bits per heavy atom. The van der Waals surface area contributed by atoms with Crippen molar-refractivity contribution in [2.45, 2.75) is 31.7 Å². The monoisotopic (exact) mass is 247 g/mol. The normalized spacial score (nSPS) is 25.6. The molecule has 1 aromatic heterocycles. The molecule has 2 saturated heterocycles. The minimum absolute atomic E-state index is 0.491. The van der Waals surface area contributed by atoms with Gasteiger partial charge in [0.05, 0.1) is 0 Å². The molecule has 3 heterocycles. The summed E-state index contributed by atoms with van der Waals surface area (Å²) in [6, 6.07) is 4.50. The molecule has 0 aliphatic carbocycles. The standard InChI is InChI=1S/C13H21N5/c14-12-4-5-13(16-15-12)18-9-6-11(10-18)17-7-2-1-3-8-17/h4-5,11H,1-3,6-10H2,(H2,14,15). The van der Waals surface area contributed by atoms with Gasteiger partial charge in [-0.15, -0.1) is 10.2 Å². The maximum Gasteiger partial charge on any atom is 0.151 e. The third-order valence-electron chi connectivity index (χ3n) is 4.07. The third kappa shape index (κ3) is 2.41. The lowest BCUT2D eigenvalue weighted by atomic mass is 10.1. The van der Waals surface area contributed by atoms with Gasteiger partial charge < -0.3 is 10.6 Å². The Morgan fingerprint density at radius 2 is 1.89 bits per heavy atom. The first-order chi connectivity index (χ1) is 8.83. The highest BCUT2D eigenvalue weighted by Crippen LogP contribution is 2.23. The third-order valence-corrected chi connectivity index (χ3v) is 4.07. The van der Waals surface area contributed by atoms with Gasteiger partial charge in [0.15, 0.2) is 5.82 Å². The molecule has 0 radical (unpaired) electrons. The molecule has 18 heavy (non-hydrogen) atoms. The molecule has 3 rings (SSSR count). The summed E-state index contributed by atoms with van der Waals surface area (Å²) in [6.07, 6.45) is 5.36. The molecular formula is C13H21N5. The second-order valence-electron chi connectivity index (χ2n) is 5.30. The Hall–Kier alpha value is -1.36. The second-order valence-corrected chi connectivity index (χ2v) is 5.30. The summed E-state index contributed by atoms with van der Waals surface area (Å²) in [5.74, 6) is 1.45. The van der Waals surface area contributed by atoms with Gasteiger partial charge in [0.2, 0.25) is 0 Å². The molecule has 2 aliphatic rings. The average Bonchev–Trinajstić information content (AvgIpc) is 2.90. The van der Waals surface area contributed by atoms with Crippen molar-refractivity contribution in [1.29, 1.82) is 0 Å². The topological polar surface area (TPSA) is 58.3 Å². The highest BCUT2D eigenvalue weighted by Gasteiger charge is 2.29. The fourth-order valence-corrected chi connectivity index (χ4v) is 3.04. The molecule has 1 atom stereocenters. The van der Waals surface area contributed by atoms with E-state index in [-0.39, 0.29) is 0 Å². The summed E-state index contributed by atoms with van der Waals surface area (Å²) in [5, 5.41) is 8.11. The van der Waals surface area contributed by atoms with E-state index in [0.717, 1.165) is 18.9 Å². The van der Waals surface area contributed by atoms with E-state index in [2.05, 4.69) is 20.0 Å². The Bertz CT molecular complexity index is 385. The van der Waals surface area contributed by atoms with Crippen LogP contribution in [0, 0.1) is 0 Å². The van der Waals surface area contributed by atoms with Crippen LogP contribution >= 0.6 is 0 Å². The molecule has 2 N–H and O–H groups in total. The summed E-state index contributed by atoms with van der Waals surface area (Å²) in [6.45, 7) is 4.70. The number of nitrogens with zero attached hydrogens (tertiary/aromatic N) is 4. The largest absolute Gasteiger partial charge is 0.382 e. The molecule has 0 saturated carbocycles. The molecule has 5 nitrogen and oxygen atoms in total. The van der Waals surface area contributed by atoms with Crippen LogP contribution in [-0.4, -0.2) is 47.3 Å². The Labute approximate surface area is 108 Å². The molecule has 1 aromatic rings. The summed E-state index contributed by atoms with van der Waals surface area (Å²) < 4.78 is 0. The second kappa shape index (κ2) is 5.10. The van der Waals surface area contributed by atoms with Crippen molar-refractivity contribution in [2.75, 3.05) is 36.8 Å². The SMILES string of the molecule is Nc1ccc(N2CCC(N3CCCCC3)C2)nn1. The van der Waals surface area contributed by atoms with Gasteiger partial charge in [-0.1, -0.05) is 6.42 Å². The summed E-state index contributed by atoms with van der Waals surface area (Å²) in [5.41, 5.74) is 5.57. The lowest BCUT2D eigenvalue weighted by Gasteiger charge is -2.32.